The molecule has 2 aliphatic heterocycles. The Hall–Kier alpha value is -4.66. The number of hydrogen-bond acceptors (Lipinski definition) is 7. The van der Waals surface area contributed by atoms with Gasteiger partial charge in [-0.1, -0.05) is 54.1 Å². The highest BCUT2D eigenvalue weighted by atomic mass is 16.6. The fourth-order valence-corrected chi connectivity index (χ4v) is 4.25. The van der Waals surface area contributed by atoms with Crippen molar-refractivity contribution in [3.63, 3.8) is 0 Å². The Kier molecular flexibility index (Phi) is 5.01. The summed E-state index contributed by atoms with van der Waals surface area (Å²) in [5.74, 6) is -2.83. The molecule has 1 saturated heterocycles. The first-order valence-electron chi connectivity index (χ1n) is 10.5. The second-order valence-corrected chi connectivity index (χ2v) is 8.07. The van der Waals surface area contributed by atoms with E-state index in [-0.39, 0.29) is 17.1 Å². The number of carbonyl (C=O) groups is 3. The summed E-state index contributed by atoms with van der Waals surface area (Å²) < 4.78 is 0. The van der Waals surface area contributed by atoms with Gasteiger partial charge in [0, 0.05) is 17.7 Å². The zero-order valence-corrected chi connectivity index (χ0v) is 18.0. The van der Waals surface area contributed by atoms with Gasteiger partial charge < -0.3 is 0 Å². The Labute approximate surface area is 194 Å². The Morgan fingerprint density at radius 3 is 2.26 bits per heavy atom. The highest BCUT2D eigenvalue weighted by molar-refractivity contribution is 6.53. The van der Waals surface area contributed by atoms with E-state index in [0.29, 0.717) is 11.3 Å². The van der Waals surface area contributed by atoms with Crippen molar-refractivity contribution in [3.8, 4) is 0 Å². The van der Waals surface area contributed by atoms with Gasteiger partial charge in [-0.25, -0.2) is 4.90 Å². The number of rotatable bonds is 5. The topological polar surface area (TPSA) is 113 Å². The van der Waals surface area contributed by atoms with E-state index in [0.717, 1.165) is 10.5 Å². The Bertz CT molecular complexity index is 1370. The van der Waals surface area contributed by atoms with Gasteiger partial charge in [0.05, 0.1) is 16.3 Å². The van der Waals surface area contributed by atoms with E-state index < -0.39 is 34.5 Å². The van der Waals surface area contributed by atoms with Crippen molar-refractivity contribution in [2.24, 2.45) is 11.0 Å². The number of nitrogens with zero attached hydrogens (tertiary/aromatic N) is 4. The van der Waals surface area contributed by atoms with Crippen molar-refractivity contribution in [1.82, 2.24) is 0 Å². The molecule has 9 nitrogen and oxygen atoms in total. The zero-order chi connectivity index (χ0) is 24.0. The largest absolute Gasteiger partial charge is 0.287 e. The average Bonchev–Trinajstić information content (AvgIpc) is 3.36. The fraction of sp³-hybridized carbons (Fsp3) is 0.120. The summed E-state index contributed by atoms with van der Waals surface area (Å²) in [5.41, 5.74) is 1.66. The van der Waals surface area contributed by atoms with Crippen LogP contribution in [-0.4, -0.2) is 34.3 Å². The highest BCUT2D eigenvalue weighted by Gasteiger charge is 2.58. The fourth-order valence-electron chi connectivity index (χ4n) is 4.25. The first-order chi connectivity index (χ1) is 16.4. The first-order valence-corrected chi connectivity index (χ1v) is 10.5. The lowest BCUT2D eigenvalue weighted by molar-refractivity contribution is -0.384. The SMILES string of the molecule is Cc1ccc(C(=O)C2=NN(c3ccccc3)[C@@H]3C(=O)N(c4cccc([N+](=O)[O-])c4)C(=O)[C@H]23)cc1. The minimum atomic E-state index is -1.14. The second kappa shape index (κ2) is 8.04. The van der Waals surface area contributed by atoms with E-state index in [1.54, 1.807) is 54.6 Å². The molecule has 9 heteroatoms. The molecule has 1 fully saturated rings. The minimum absolute atomic E-state index is 0.0380. The molecule has 2 amide bonds. The third kappa shape index (κ3) is 3.34. The molecule has 2 atom stereocenters. The summed E-state index contributed by atoms with van der Waals surface area (Å²) in [6, 6.07) is 19.9. The molecule has 168 valence electrons. The van der Waals surface area contributed by atoms with Crippen molar-refractivity contribution in [2.45, 2.75) is 13.0 Å². The summed E-state index contributed by atoms with van der Waals surface area (Å²) in [7, 11) is 0. The molecule has 0 N–H and O–H groups in total. The first kappa shape index (κ1) is 21.2. The molecule has 0 saturated carbocycles. The molecule has 0 aliphatic carbocycles. The molecule has 34 heavy (non-hydrogen) atoms. The number of nitro benzene ring substituents is 1. The van der Waals surface area contributed by atoms with Crippen LogP contribution in [0.2, 0.25) is 0 Å². The minimum Gasteiger partial charge on any atom is -0.287 e. The molecule has 2 heterocycles. The van der Waals surface area contributed by atoms with E-state index in [4.69, 9.17) is 0 Å². The van der Waals surface area contributed by atoms with Gasteiger partial charge >= 0.3 is 0 Å². The predicted molar refractivity (Wildman–Crippen MR) is 125 cm³/mol. The van der Waals surface area contributed by atoms with E-state index >= 15 is 0 Å². The van der Waals surface area contributed by atoms with Gasteiger partial charge in [0.1, 0.15) is 17.7 Å². The molecule has 0 spiro atoms. The number of para-hydroxylation sites is 1. The van der Waals surface area contributed by atoms with Crippen LogP contribution < -0.4 is 9.91 Å². The van der Waals surface area contributed by atoms with E-state index in [1.165, 1.54) is 29.3 Å². The molecule has 3 aromatic rings. The third-order valence-electron chi connectivity index (χ3n) is 5.92. The molecule has 0 unspecified atom stereocenters. The maximum atomic E-state index is 13.5. The summed E-state index contributed by atoms with van der Waals surface area (Å²) >= 11 is 0. The molecular weight excluding hydrogens is 436 g/mol. The van der Waals surface area contributed by atoms with Gasteiger partial charge in [0.25, 0.3) is 11.6 Å². The number of benzene rings is 3. The highest BCUT2D eigenvalue weighted by Crippen LogP contribution is 2.39. The van der Waals surface area contributed by atoms with Crippen molar-refractivity contribution >= 4 is 40.4 Å². The molecule has 0 bridgehead atoms. The van der Waals surface area contributed by atoms with Gasteiger partial charge in [0.2, 0.25) is 11.7 Å². The van der Waals surface area contributed by atoms with Crippen molar-refractivity contribution in [1.29, 1.82) is 0 Å². The number of Topliss-reactive ketones (excluding diaryl/α,β-unsaturated/α-hetero) is 1. The standard InChI is InChI=1S/C25H18N4O5/c1-15-10-12-16(13-11-15)23(30)21-20-22(28(26-21)17-6-3-2-4-7-17)25(32)27(24(20)31)18-8-5-9-19(14-18)29(33)34/h2-14,20,22H,1H3/t20-,22+/m1/s1. The smallest absolute Gasteiger partial charge is 0.271 e. The number of aryl methyl sites for hydroxylation is 1. The zero-order valence-electron chi connectivity index (χ0n) is 18.0. The van der Waals surface area contributed by atoms with Crippen LogP contribution in [0.5, 0.6) is 0 Å². The van der Waals surface area contributed by atoms with Crippen LogP contribution >= 0.6 is 0 Å². The van der Waals surface area contributed by atoms with Gasteiger partial charge in [-0.2, -0.15) is 5.10 Å². The molecule has 3 aromatic carbocycles. The number of hydrazone groups is 1. The number of nitro groups is 1. The van der Waals surface area contributed by atoms with Crippen molar-refractivity contribution in [2.75, 3.05) is 9.91 Å². The number of imide groups is 1. The lowest BCUT2D eigenvalue weighted by atomic mass is 9.92. The predicted octanol–water partition coefficient (Wildman–Crippen LogP) is 3.52. The van der Waals surface area contributed by atoms with Crippen LogP contribution in [0, 0.1) is 23.0 Å². The Morgan fingerprint density at radius 2 is 1.59 bits per heavy atom. The maximum Gasteiger partial charge on any atom is 0.271 e. The summed E-state index contributed by atoms with van der Waals surface area (Å²) in [5, 5.41) is 17.1. The van der Waals surface area contributed by atoms with Crippen LogP contribution in [0.25, 0.3) is 0 Å². The summed E-state index contributed by atoms with van der Waals surface area (Å²) in [6.45, 7) is 1.89. The van der Waals surface area contributed by atoms with E-state index in [2.05, 4.69) is 5.10 Å². The van der Waals surface area contributed by atoms with Gasteiger partial charge in [-0.05, 0) is 25.1 Å². The summed E-state index contributed by atoms with van der Waals surface area (Å²) in [6.07, 6.45) is 0. The van der Waals surface area contributed by atoms with Crippen LogP contribution in [-0.2, 0) is 9.59 Å². The number of fused-ring (bicyclic) bond motifs is 1. The molecule has 0 radical (unpaired) electrons. The summed E-state index contributed by atoms with van der Waals surface area (Å²) in [4.78, 5) is 52.0. The number of amides is 2. The van der Waals surface area contributed by atoms with Gasteiger partial charge in [-0.3, -0.25) is 29.5 Å². The van der Waals surface area contributed by atoms with E-state index in [9.17, 15) is 24.5 Å². The monoisotopic (exact) mass is 454 g/mol. The quantitative estimate of drug-likeness (QED) is 0.252. The number of ketones is 1. The normalized spacial score (nSPS) is 19.3. The van der Waals surface area contributed by atoms with Crippen LogP contribution in [0.15, 0.2) is 84.0 Å². The maximum absolute atomic E-state index is 13.5. The number of anilines is 2. The third-order valence-corrected chi connectivity index (χ3v) is 5.92. The van der Waals surface area contributed by atoms with Gasteiger partial charge in [0.15, 0.2) is 0 Å². The van der Waals surface area contributed by atoms with Gasteiger partial charge in [-0.15, -0.1) is 0 Å². The van der Waals surface area contributed by atoms with Crippen molar-refractivity contribution < 1.29 is 19.3 Å². The van der Waals surface area contributed by atoms with Crippen LogP contribution in [0.4, 0.5) is 17.1 Å². The van der Waals surface area contributed by atoms with E-state index in [1.807, 2.05) is 6.92 Å². The average molecular weight is 454 g/mol. The Morgan fingerprint density at radius 1 is 0.912 bits per heavy atom. The molecule has 5 rings (SSSR count). The lowest BCUT2D eigenvalue weighted by Gasteiger charge is -2.22. The van der Waals surface area contributed by atoms with Crippen LogP contribution in [0.3, 0.4) is 0 Å². The number of non-ortho nitro benzene ring substituents is 1. The lowest BCUT2D eigenvalue weighted by Crippen LogP contribution is -2.39. The molecule has 2 aliphatic rings. The molecule has 0 aromatic heterocycles. The van der Waals surface area contributed by atoms with Crippen molar-refractivity contribution in [3.05, 3.63) is 100 Å². The molecular formula is C25H18N4O5. The van der Waals surface area contributed by atoms with Crippen LogP contribution in [0.1, 0.15) is 15.9 Å². The Balaban J connectivity index is 1.60. The number of carbonyl (C=O) groups excluding carboxylic acids is 3. The second-order valence-electron chi connectivity index (χ2n) is 8.07. The number of hydrogen-bond donors (Lipinski definition) is 0.